The molecule has 124 valence electrons. The van der Waals surface area contributed by atoms with Gasteiger partial charge < -0.3 is 10.6 Å². The van der Waals surface area contributed by atoms with Gasteiger partial charge in [-0.3, -0.25) is 0 Å². The second-order valence-electron chi connectivity index (χ2n) is 5.36. The second-order valence-corrected chi connectivity index (χ2v) is 5.36. The summed E-state index contributed by atoms with van der Waals surface area (Å²) in [6.07, 6.45) is -3.21. The summed E-state index contributed by atoms with van der Waals surface area (Å²) in [6, 6.07) is 5.71. The fourth-order valence-electron chi connectivity index (χ4n) is 2.04. The van der Waals surface area contributed by atoms with Gasteiger partial charge >= 0.3 is 6.18 Å². The molecule has 22 heavy (non-hydrogen) atoms. The van der Waals surface area contributed by atoms with E-state index >= 15 is 0 Å². The number of alkyl halides is 3. The first-order valence-electron chi connectivity index (χ1n) is 7.11. The Kier molecular flexibility index (Phi) is 6.96. The van der Waals surface area contributed by atoms with Gasteiger partial charge in [0.25, 0.3) is 0 Å². The number of halogens is 4. The number of guanidine groups is 1. The molecular formula is C15H21F3IN3. The van der Waals surface area contributed by atoms with Crippen molar-refractivity contribution in [3.63, 3.8) is 0 Å². The number of hydrogen-bond acceptors (Lipinski definition) is 1. The number of rotatable bonds is 4. The lowest BCUT2D eigenvalue weighted by Crippen LogP contribution is -2.39. The average Bonchev–Trinajstić information content (AvgIpc) is 3.11. The maximum Gasteiger partial charge on any atom is 0.416 e. The summed E-state index contributed by atoms with van der Waals surface area (Å²) >= 11 is 0. The molecule has 0 saturated heterocycles. The highest BCUT2D eigenvalue weighted by Crippen LogP contribution is 2.30. The number of benzene rings is 1. The Morgan fingerprint density at radius 2 is 2.05 bits per heavy atom. The predicted molar refractivity (Wildman–Crippen MR) is 92.4 cm³/mol. The monoisotopic (exact) mass is 427 g/mol. The van der Waals surface area contributed by atoms with Crippen LogP contribution in [0.15, 0.2) is 29.3 Å². The largest absolute Gasteiger partial charge is 0.416 e. The standard InChI is InChI=1S/C15H20F3N3.HI/c1-3-19-14(21-13-7-10(13)2)20-9-11-5-4-6-12(8-11)15(16,17)18;/h4-6,8,10,13H,3,7,9H2,1-2H3,(H2,19,20,21);1H. The van der Waals surface area contributed by atoms with Crippen molar-refractivity contribution in [2.75, 3.05) is 6.54 Å². The minimum atomic E-state index is -4.31. The van der Waals surface area contributed by atoms with E-state index in [1.807, 2.05) is 6.92 Å². The molecule has 7 heteroatoms. The minimum absolute atomic E-state index is 0. The number of nitrogens with one attached hydrogen (secondary N) is 2. The van der Waals surface area contributed by atoms with Gasteiger partial charge in [0.1, 0.15) is 0 Å². The quantitative estimate of drug-likeness (QED) is 0.436. The fourth-order valence-corrected chi connectivity index (χ4v) is 2.04. The SMILES string of the molecule is CCNC(=NCc1cccc(C(F)(F)F)c1)NC1CC1C.I. The van der Waals surface area contributed by atoms with Crippen LogP contribution in [0, 0.1) is 5.92 Å². The van der Waals surface area contributed by atoms with Gasteiger partial charge in [-0.1, -0.05) is 19.1 Å². The lowest BCUT2D eigenvalue weighted by atomic mass is 10.1. The molecular weight excluding hydrogens is 406 g/mol. The molecule has 3 nitrogen and oxygen atoms in total. The third kappa shape index (κ3) is 5.66. The van der Waals surface area contributed by atoms with Gasteiger partial charge in [-0.25, -0.2) is 4.99 Å². The van der Waals surface area contributed by atoms with Gasteiger partial charge in [-0.05, 0) is 37.0 Å². The van der Waals surface area contributed by atoms with Gasteiger partial charge in [-0.2, -0.15) is 13.2 Å². The van der Waals surface area contributed by atoms with Crippen molar-refractivity contribution in [3.05, 3.63) is 35.4 Å². The summed E-state index contributed by atoms with van der Waals surface area (Å²) in [5.74, 6) is 1.28. The molecule has 0 heterocycles. The Balaban J connectivity index is 0.00000242. The molecule has 1 saturated carbocycles. The van der Waals surface area contributed by atoms with E-state index in [0.717, 1.165) is 25.1 Å². The van der Waals surface area contributed by atoms with Crippen molar-refractivity contribution in [1.29, 1.82) is 0 Å². The van der Waals surface area contributed by atoms with Crippen molar-refractivity contribution >= 4 is 29.9 Å². The zero-order valence-corrected chi connectivity index (χ0v) is 14.9. The van der Waals surface area contributed by atoms with Crippen LogP contribution in [-0.4, -0.2) is 18.5 Å². The molecule has 0 spiro atoms. The summed E-state index contributed by atoms with van der Waals surface area (Å²) in [4.78, 5) is 4.35. The first-order valence-corrected chi connectivity index (χ1v) is 7.11. The first-order chi connectivity index (χ1) is 9.90. The number of aliphatic imine (C=N–C) groups is 1. The van der Waals surface area contributed by atoms with Crippen LogP contribution in [0.5, 0.6) is 0 Å². The maximum absolute atomic E-state index is 12.7. The number of nitrogens with zero attached hydrogens (tertiary/aromatic N) is 1. The van der Waals surface area contributed by atoms with E-state index < -0.39 is 11.7 Å². The molecule has 2 unspecified atom stereocenters. The Bertz CT molecular complexity index is 517. The van der Waals surface area contributed by atoms with Gasteiger partial charge in [0.05, 0.1) is 12.1 Å². The van der Waals surface area contributed by atoms with Crippen LogP contribution in [0.25, 0.3) is 0 Å². The van der Waals surface area contributed by atoms with Gasteiger partial charge in [0.2, 0.25) is 0 Å². The highest BCUT2D eigenvalue weighted by atomic mass is 127. The topological polar surface area (TPSA) is 36.4 Å². The lowest BCUT2D eigenvalue weighted by Gasteiger charge is -2.11. The molecule has 0 radical (unpaired) electrons. The van der Waals surface area contributed by atoms with Crippen molar-refractivity contribution in [1.82, 2.24) is 10.6 Å². The zero-order chi connectivity index (χ0) is 15.5. The van der Waals surface area contributed by atoms with E-state index in [9.17, 15) is 13.2 Å². The summed E-state index contributed by atoms with van der Waals surface area (Å²) in [6.45, 7) is 5.04. The van der Waals surface area contributed by atoms with Crippen LogP contribution in [0.2, 0.25) is 0 Å². The smallest absolute Gasteiger partial charge is 0.357 e. The molecule has 0 bridgehead atoms. The summed E-state index contributed by atoms with van der Waals surface area (Å²) in [7, 11) is 0. The molecule has 0 amide bonds. The van der Waals surface area contributed by atoms with E-state index in [1.54, 1.807) is 6.07 Å². The minimum Gasteiger partial charge on any atom is -0.357 e. The molecule has 1 fully saturated rings. The van der Waals surface area contributed by atoms with E-state index in [1.165, 1.54) is 6.07 Å². The van der Waals surface area contributed by atoms with Crippen molar-refractivity contribution in [2.24, 2.45) is 10.9 Å². The Morgan fingerprint density at radius 3 is 2.59 bits per heavy atom. The summed E-state index contributed by atoms with van der Waals surface area (Å²) < 4.78 is 38.0. The molecule has 1 aromatic carbocycles. The molecule has 0 aromatic heterocycles. The second kappa shape index (κ2) is 8.03. The molecule has 1 aliphatic rings. The Labute approximate surface area is 145 Å². The predicted octanol–water partition coefficient (Wildman–Crippen LogP) is 3.79. The van der Waals surface area contributed by atoms with Crippen molar-refractivity contribution < 1.29 is 13.2 Å². The van der Waals surface area contributed by atoms with Crippen molar-refractivity contribution in [2.45, 2.75) is 39.0 Å². The molecule has 2 N–H and O–H groups in total. The molecule has 0 aliphatic heterocycles. The average molecular weight is 427 g/mol. The van der Waals surface area contributed by atoms with Crippen LogP contribution in [0.4, 0.5) is 13.2 Å². The number of hydrogen-bond donors (Lipinski definition) is 2. The van der Waals surface area contributed by atoms with E-state index in [2.05, 4.69) is 22.5 Å². The Morgan fingerprint density at radius 1 is 1.36 bits per heavy atom. The zero-order valence-electron chi connectivity index (χ0n) is 12.6. The Hall–Kier alpha value is -0.990. The van der Waals surface area contributed by atoms with Crippen LogP contribution in [0.1, 0.15) is 31.4 Å². The van der Waals surface area contributed by atoms with Crippen LogP contribution >= 0.6 is 24.0 Å². The molecule has 2 rings (SSSR count). The van der Waals surface area contributed by atoms with Gasteiger partial charge in [0, 0.05) is 12.6 Å². The van der Waals surface area contributed by atoms with Crippen LogP contribution in [0.3, 0.4) is 0 Å². The highest BCUT2D eigenvalue weighted by molar-refractivity contribution is 14.0. The molecule has 1 aromatic rings. The van der Waals surface area contributed by atoms with E-state index in [-0.39, 0.29) is 30.5 Å². The van der Waals surface area contributed by atoms with Crippen LogP contribution < -0.4 is 10.6 Å². The van der Waals surface area contributed by atoms with Gasteiger partial charge in [-0.15, -0.1) is 24.0 Å². The highest BCUT2D eigenvalue weighted by Gasteiger charge is 2.33. The third-order valence-electron chi connectivity index (χ3n) is 3.45. The van der Waals surface area contributed by atoms with Gasteiger partial charge in [0.15, 0.2) is 5.96 Å². The van der Waals surface area contributed by atoms with E-state index in [0.29, 0.717) is 23.5 Å². The fraction of sp³-hybridized carbons (Fsp3) is 0.533. The van der Waals surface area contributed by atoms with E-state index in [4.69, 9.17) is 0 Å². The van der Waals surface area contributed by atoms with Crippen LogP contribution in [-0.2, 0) is 12.7 Å². The van der Waals surface area contributed by atoms with Crippen molar-refractivity contribution in [3.8, 4) is 0 Å². The first kappa shape index (κ1) is 19.1. The maximum atomic E-state index is 12.7. The summed E-state index contributed by atoms with van der Waals surface area (Å²) in [5, 5.41) is 6.38. The lowest BCUT2D eigenvalue weighted by molar-refractivity contribution is -0.137. The third-order valence-corrected chi connectivity index (χ3v) is 3.45. The summed E-state index contributed by atoms with van der Waals surface area (Å²) in [5.41, 5.74) is -0.0881. The molecule has 1 aliphatic carbocycles. The normalized spacial score (nSPS) is 21.0. The molecule has 2 atom stereocenters.